The molecular formula is C14H20F4N2. The highest BCUT2D eigenvalue weighted by molar-refractivity contribution is 5.25. The lowest BCUT2D eigenvalue weighted by Crippen LogP contribution is -2.30. The van der Waals surface area contributed by atoms with Crippen LogP contribution >= 0.6 is 0 Å². The molecule has 1 rings (SSSR count). The molecule has 0 aliphatic heterocycles. The molecule has 0 atom stereocenters. The number of hydrogen-bond donors (Lipinski definition) is 1. The van der Waals surface area contributed by atoms with Crippen LogP contribution in [0.5, 0.6) is 0 Å². The van der Waals surface area contributed by atoms with Gasteiger partial charge in [-0.3, -0.25) is 4.90 Å². The van der Waals surface area contributed by atoms with E-state index in [0.29, 0.717) is 6.54 Å². The molecule has 0 radical (unpaired) electrons. The maximum absolute atomic E-state index is 13.6. The van der Waals surface area contributed by atoms with Crippen molar-refractivity contribution in [2.45, 2.75) is 32.6 Å². The van der Waals surface area contributed by atoms with Crippen LogP contribution in [0.25, 0.3) is 0 Å². The summed E-state index contributed by atoms with van der Waals surface area (Å²) < 4.78 is 50.4. The minimum absolute atomic E-state index is 0.0625. The van der Waals surface area contributed by atoms with Crippen LogP contribution in [-0.4, -0.2) is 31.2 Å². The second-order valence-electron chi connectivity index (χ2n) is 4.89. The summed E-state index contributed by atoms with van der Waals surface area (Å²) in [5.74, 6) is -0.474. The van der Waals surface area contributed by atoms with E-state index in [1.807, 2.05) is 6.92 Å². The number of alkyl halides is 3. The van der Waals surface area contributed by atoms with Crippen molar-refractivity contribution >= 4 is 0 Å². The van der Waals surface area contributed by atoms with Crippen molar-refractivity contribution in [2.75, 3.05) is 20.1 Å². The van der Waals surface area contributed by atoms with Gasteiger partial charge < -0.3 is 5.32 Å². The molecule has 1 aromatic carbocycles. The summed E-state index contributed by atoms with van der Waals surface area (Å²) in [6.45, 7) is 2.36. The zero-order valence-corrected chi connectivity index (χ0v) is 11.7. The van der Waals surface area contributed by atoms with E-state index in [4.69, 9.17) is 0 Å². The molecule has 0 saturated heterocycles. The Morgan fingerprint density at radius 3 is 2.55 bits per heavy atom. The van der Waals surface area contributed by atoms with Crippen molar-refractivity contribution in [2.24, 2.45) is 0 Å². The Bertz CT molecular complexity index is 418. The van der Waals surface area contributed by atoms with Crippen LogP contribution < -0.4 is 5.32 Å². The maximum atomic E-state index is 13.6. The van der Waals surface area contributed by atoms with Gasteiger partial charge in [0.05, 0.1) is 6.54 Å². The van der Waals surface area contributed by atoms with E-state index in [-0.39, 0.29) is 12.1 Å². The molecule has 0 aromatic heterocycles. The smallest absolute Gasteiger partial charge is 0.313 e. The lowest BCUT2D eigenvalue weighted by Gasteiger charge is -2.19. The summed E-state index contributed by atoms with van der Waals surface area (Å²) in [6.07, 6.45) is -3.28. The van der Waals surface area contributed by atoms with Crippen LogP contribution in [0.4, 0.5) is 17.6 Å². The first-order valence-corrected chi connectivity index (χ1v) is 6.55. The van der Waals surface area contributed by atoms with Crippen LogP contribution in [0.1, 0.15) is 24.5 Å². The summed E-state index contributed by atoms with van der Waals surface area (Å²) in [6, 6.07) is 4.57. The molecule has 0 fully saturated rings. The number of nitrogens with zero attached hydrogens (tertiary/aromatic N) is 1. The number of halogens is 4. The van der Waals surface area contributed by atoms with Crippen molar-refractivity contribution in [1.29, 1.82) is 0 Å². The van der Waals surface area contributed by atoms with Gasteiger partial charge in [0.1, 0.15) is 5.82 Å². The summed E-state index contributed by atoms with van der Waals surface area (Å²) in [7, 11) is 1.33. The Morgan fingerprint density at radius 1 is 1.25 bits per heavy atom. The third-order valence-electron chi connectivity index (χ3n) is 2.76. The Kier molecular flexibility index (Phi) is 6.42. The van der Waals surface area contributed by atoms with E-state index >= 15 is 0 Å². The van der Waals surface area contributed by atoms with Gasteiger partial charge in [0.15, 0.2) is 0 Å². The van der Waals surface area contributed by atoms with Crippen molar-refractivity contribution in [1.82, 2.24) is 10.2 Å². The minimum atomic E-state index is -4.27. The zero-order chi connectivity index (χ0) is 15.2. The third kappa shape index (κ3) is 6.34. The molecule has 1 N–H and O–H groups in total. The third-order valence-corrected chi connectivity index (χ3v) is 2.76. The quantitative estimate of drug-likeness (QED) is 0.612. The molecule has 2 nitrogen and oxygen atoms in total. The predicted octanol–water partition coefficient (Wildman–Crippen LogP) is 3.32. The zero-order valence-electron chi connectivity index (χ0n) is 11.7. The molecule has 0 bridgehead atoms. The SMILES string of the molecule is CCCNCc1ccc(F)c(CN(C)CC(F)(F)F)c1. The highest BCUT2D eigenvalue weighted by Gasteiger charge is 2.29. The van der Waals surface area contributed by atoms with Gasteiger partial charge in [0, 0.05) is 18.7 Å². The Labute approximate surface area is 116 Å². The fraction of sp³-hybridized carbons (Fsp3) is 0.571. The number of rotatable bonds is 7. The lowest BCUT2D eigenvalue weighted by molar-refractivity contribution is -0.144. The maximum Gasteiger partial charge on any atom is 0.401 e. The fourth-order valence-electron chi connectivity index (χ4n) is 1.92. The molecule has 1 aromatic rings. The largest absolute Gasteiger partial charge is 0.401 e. The summed E-state index contributed by atoms with van der Waals surface area (Å²) in [5.41, 5.74) is 1.16. The second-order valence-corrected chi connectivity index (χ2v) is 4.89. The molecule has 0 amide bonds. The first-order chi connectivity index (χ1) is 9.31. The summed E-state index contributed by atoms with van der Waals surface area (Å²) >= 11 is 0. The van der Waals surface area contributed by atoms with E-state index in [2.05, 4.69) is 5.32 Å². The van der Waals surface area contributed by atoms with Gasteiger partial charge in [-0.1, -0.05) is 19.1 Å². The van der Waals surface area contributed by atoms with Crippen LogP contribution in [-0.2, 0) is 13.1 Å². The van der Waals surface area contributed by atoms with Crippen molar-refractivity contribution in [3.05, 3.63) is 35.1 Å². The molecule has 0 aliphatic carbocycles. The van der Waals surface area contributed by atoms with Gasteiger partial charge in [-0.15, -0.1) is 0 Å². The molecule has 0 unspecified atom stereocenters. The molecule has 20 heavy (non-hydrogen) atoms. The van der Waals surface area contributed by atoms with Gasteiger partial charge >= 0.3 is 6.18 Å². The summed E-state index contributed by atoms with van der Waals surface area (Å²) in [4.78, 5) is 1.06. The number of nitrogens with one attached hydrogen (secondary N) is 1. The van der Waals surface area contributed by atoms with Crippen LogP contribution in [0, 0.1) is 5.82 Å². The number of hydrogen-bond acceptors (Lipinski definition) is 2. The molecule has 0 saturated carbocycles. The molecular weight excluding hydrogens is 272 g/mol. The summed E-state index contributed by atoms with van der Waals surface area (Å²) in [5, 5.41) is 3.17. The normalized spacial score (nSPS) is 12.2. The van der Waals surface area contributed by atoms with Crippen molar-refractivity contribution in [3.8, 4) is 0 Å². The van der Waals surface area contributed by atoms with Gasteiger partial charge in [0.2, 0.25) is 0 Å². The Morgan fingerprint density at radius 2 is 1.95 bits per heavy atom. The first kappa shape index (κ1) is 16.9. The van der Waals surface area contributed by atoms with Crippen molar-refractivity contribution < 1.29 is 17.6 Å². The van der Waals surface area contributed by atoms with Crippen LogP contribution in [0.2, 0.25) is 0 Å². The van der Waals surface area contributed by atoms with Gasteiger partial charge in [-0.2, -0.15) is 13.2 Å². The topological polar surface area (TPSA) is 15.3 Å². The Hall–Kier alpha value is -1.14. The van der Waals surface area contributed by atoms with Gasteiger partial charge in [-0.25, -0.2) is 4.39 Å². The first-order valence-electron chi connectivity index (χ1n) is 6.55. The van der Waals surface area contributed by atoms with Crippen LogP contribution in [0.3, 0.4) is 0 Å². The average Bonchev–Trinajstić information content (AvgIpc) is 2.31. The highest BCUT2D eigenvalue weighted by Crippen LogP contribution is 2.18. The number of benzene rings is 1. The molecule has 6 heteroatoms. The molecule has 0 aliphatic rings. The average molecular weight is 292 g/mol. The van der Waals surface area contributed by atoms with Gasteiger partial charge in [-0.05, 0) is 31.6 Å². The fourth-order valence-corrected chi connectivity index (χ4v) is 1.92. The van der Waals surface area contributed by atoms with E-state index in [1.165, 1.54) is 13.1 Å². The molecule has 0 heterocycles. The minimum Gasteiger partial charge on any atom is -0.313 e. The van der Waals surface area contributed by atoms with Gasteiger partial charge in [0.25, 0.3) is 0 Å². The predicted molar refractivity (Wildman–Crippen MR) is 70.8 cm³/mol. The second kappa shape index (κ2) is 7.59. The molecule has 0 spiro atoms. The van der Waals surface area contributed by atoms with E-state index < -0.39 is 18.5 Å². The van der Waals surface area contributed by atoms with Crippen molar-refractivity contribution in [3.63, 3.8) is 0 Å². The Balaban J connectivity index is 2.66. The van der Waals surface area contributed by atoms with E-state index in [0.717, 1.165) is 23.4 Å². The van der Waals surface area contributed by atoms with E-state index in [1.54, 1.807) is 12.1 Å². The highest BCUT2D eigenvalue weighted by atomic mass is 19.4. The van der Waals surface area contributed by atoms with Crippen LogP contribution in [0.15, 0.2) is 18.2 Å². The monoisotopic (exact) mass is 292 g/mol. The van der Waals surface area contributed by atoms with E-state index in [9.17, 15) is 17.6 Å². The standard InChI is InChI=1S/C14H20F4N2/c1-3-6-19-8-11-4-5-13(15)12(7-11)9-20(2)10-14(16,17)18/h4-5,7,19H,3,6,8-10H2,1-2H3. The lowest BCUT2D eigenvalue weighted by atomic mass is 10.1. The molecule has 114 valence electrons.